The second-order valence-corrected chi connectivity index (χ2v) is 6.83. The number of ether oxygens (including phenoxy) is 2. The molecular formula is C18H14ClN3O3S. The van der Waals surface area contributed by atoms with Crippen molar-refractivity contribution in [1.29, 1.82) is 0 Å². The zero-order valence-corrected chi connectivity index (χ0v) is 15.1. The molecule has 26 heavy (non-hydrogen) atoms. The van der Waals surface area contributed by atoms with Crippen molar-refractivity contribution in [1.82, 2.24) is 10.3 Å². The van der Waals surface area contributed by atoms with Gasteiger partial charge in [0.25, 0.3) is 5.91 Å². The highest BCUT2D eigenvalue weighted by Gasteiger charge is 2.15. The van der Waals surface area contributed by atoms with Gasteiger partial charge in [-0.3, -0.25) is 4.79 Å². The lowest BCUT2D eigenvalue weighted by Crippen LogP contribution is -2.23. The lowest BCUT2D eigenvalue weighted by atomic mass is 10.2. The van der Waals surface area contributed by atoms with Crippen LogP contribution in [0, 0.1) is 0 Å². The van der Waals surface area contributed by atoms with Crippen molar-refractivity contribution in [2.24, 2.45) is 0 Å². The number of fused-ring (bicyclic) bond motifs is 1. The van der Waals surface area contributed by atoms with E-state index in [0.29, 0.717) is 28.1 Å². The van der Waals surface area contributed by atoms with Crippen LogP contribution in [0.15, 0.2) is 47.8 Å². The molecule has 1 amide bonds. The van der Waals surface area contributed by atoms with E-state index in [4.69, 9.17) is 21.1 Å². The third-order valence-electron chi connectivity index (χ3n) is 3.73. The van der Waals surface area contributed by atoms with Gasteiger partial charge in [0.15, 0.2) is 16.6 Å². The first-order valence-electron chi connectivity index (χ1n) is 7.82. The molecule has 3 aromatic rings. The molecule has 0 atom stereocenters. The van der Waals surface area contributed by atoms with Gasteiger partial charge in [0.1, 0.15) is 5.69 Å². The summed E-state index contributed by atoms with van der Waals surface area (Å²) in [7, 11) is 0. The molecular weight excluding hydrogens is 374 g/mol. The number of nitrogens with one attached hydrogen (secondary N) is 2. The Morgan fingerprint density at radius 2 is 1.96 bits per heavy atom. The Bertz CT molecular complexity index is 943. The molecule has 0 aliphatic carbocycles. The van der Waals surface area contributed by atoms with Crippen LogP contribution in [0.2, 0.25) is 5.02 Å². The number of halogens is 1. The molecule has 0 spiro atoms. The van der Waals surface area contributed by atoms with Crippen LogP contribution in [0.1, 0.15) is 16.1 Å². The summed E-state index contributed by atoms with van der Waals surface area (Å²) in [6.45, 7) is 0.645. The van der Waals surface area contributed by atoms with E-state index >= 15 is 0 Å². The molecule has 0 unspecified atom stereocenters. The fourth-order valence-electron chi connectivity index (χ4n) is 2.41. The summed E-state index contributed by atoms with van der Waals surface area (Å²) in [5.41, 5.74) is 2.15. The predicted molar refractivity (Wildman–Crippen MR) is 101 cm³/mol. The van der Waals surface area contributed by atoms with Crippen molar-refractivity contribution in [3.63, 3.8) is 0 Å². The number of rotatable bonds is 5. The Morgan fingerprint density at radius 1 is 1.15 bits per heavy atom. The molecule has 132 valence electrons. The monoisotopic (exact) mass is 387 g/mol. The minimum Gasteiger partial charge on any atom is -0.454 e. The number of thiazole rings is 1. The van der Waals surface area contributed by atoms with Crippen LogP contribution in [0.3, 0.4) is 0 Å². The molecule has 1 aliphatic heterocycles. The molecule has 0 radical (unpaired) electrons. The average Bonchev–Trinajstić information content (AvgIpc) is 3.30. The fraction of sp³-hybridized carbons (Fsp3) is 0.111. The molecule has 2 aromatic carbocycles. The number of carbonyl (C=O) groups excluding carboxylic acids is 1. The van der Waals surface area contributed by atoms with Crippen molar-refractivity contribution in [3.05, 3.63) is 64.1 Å². The summed E-state index contributed by atoms with van der Waals surface area (Å²) < 4.78 is 10.6. The first-order chi connectivity index (χ1) is 12.7. The van der Waals surface area contributed by atoms with Crippen molar-refractivity contribution >= 4 is 39.7 Å². The molecule has 0 bridgehead atoms. The van der Waals surface area contributed by atoms with Gasteiger partial charge in [-0.1, -0.05) is 23.7 Å². The van der Waals surface area contributed by atoms with E-state index in [-0.39, 0.29) is 12.7 Å². The first kappa shape index (κ1) is 16.7. The van der Waals surface area contributed by atoms with Crippen molar-refractivity contribution in [2.75, 3.05) is 12.1 Å². The number of aromatic nitrogens is 1. The largest absolute Gasteiger partial charge is 0.454 e. The number of hydrogen-bond acceptors (Lipinski definition) is 6. The van der Waals surface area contributed by atoms with Crippen LogP contribution < -0.4 is 20.1 Å². The third kappa shape index (κ3) is 3.74. The summed E-state index contributed by atoms with van der Waals surface area (Å²) >= 11 is 7.21. The SMILES string of the molecule is O=C(NCc1ccc(Cl)cc1)c1csc(Nc2ccc3c(c2)OCO3)n1. The van der Waals surface area contributed by atoms with Crippen LogP contribution in [0.4, 0.5) is 10.8 Å². The van der Waals surface area contributed by atoms with Gasteiger partial charge >= 0.3 is 0 Å². The second kappa shape index (κ2) is 7.23. The molecule has 0 saturated carbocycles. The van der Waals surface area contributed by atoms with Gasteiger partial charge in [-0.25, -0.2) is 4.98 Å². The van der Waals surface area contributed by atoms with E-state index in [1.165, 1.54) is 11.3 Å². The van der Waals surface area contributed by atoms with E-state index in [2.05, 4.69) is 15.6 Å². The van der Waals surface area contributed by atoms with Crippen molar-refractivity contribution in [2.45, 2.75) is 6.54 Å². The summed E-state index contributed by atoms with van der Waals surface area (Å²) in [6, 6.07) is 12.9. The van der Waals surface area contributed by atoms with E-state index in [1.807, 2.05) is 30.3 Å². The molecule has 4 rings (SSSR count). The quantitative estimate of drug-likeness (QED) is 0.686. The number of benzene rings is 2. The molecule has 2 heterocycles. The molecule has 1 aliphatic rings. The topological polar surface area (TPSA) is 72.5 Å². The van der Waals surface area contributed by atoms with Crippen LogP contribution in [0.5, 0.6) is 11.5 Å². The Morgan fingerprint density at radius 3 is 2.81 bits per heavy atom. The molecule has 0 saturated heterocycles. The van der Waals surface area contributed by atoms with Crippen LogP contribution in [0.25, 0.3) is 0 Å². The molecule has 1 aromatic heterocycles. The fourth-order valence-corrected chi connectivity index (χ4v) is 3.25. The predicted octanol–water partition coefficient (Wildman–Crippen LogP) is 4.20. The Labute approximate surface area is 158 Å². The van der Waals surface area contributed by atoms with E-state index in [9.17, 15) is 4.79 Å². The van der Waals surface area contributed by atoms with E-state index < -0.39 is 0 Å². The lowest BCUT2D eigenvalue weighted by Gasteiger charge is -2.04. The Balaban J connectivity index is 1.37. The van der Waals surface area contributed by atoms with Gasteiger partial charge in [-0.15, -0.1) is 11.3 Å². The molecule has 0 fully saturated rings. The minimum absolute atomic E-state index is 0.227. The zero-order valence-electron chi connectivity index (χ0n) is 13.5. The highest BCUT2D eigenvalue weighted by atomic mass is 35.5. The Hall–Kier alpha value is -2.77. The molecule has 6 nitrogen and oxygen atoms in total. The number of amides is 1. The van der Waals surface area contributed by atoms with Gasteiger partial charge in [0, 0.05) is 28.7 Å². The standard InChI is InChI=1S/C18H14ClN3O3S/c19-12-3-1-11(2-4-12)8-20-17(23)14-9-26-18(22-14)21-13-5-6-15-16(7-13)25-10-24-15/h1-7,9H,8,10H2,(H,20,23)(H,21,22). The van der Waals surface area contributed by atoms with Crippen LogP contribution >= 0.6 is 22.9 Å². The van der Waals surface area contributed by atoms with E-state index in [0.717, 1.165) is 17.0 Å². The van der Waals surface area contributed by atoms with Gasteiger partial charge in [-0.05, 0) is 29.8 Å². The third-order valence-corrected chi connectivity index (χ3v) is 4.74. The minimum atomic E-state index is -0.227. The van der Waals surface area contributed by atoms with Crippen LogP contribution in [-0.4, -0.2) is 17.7 Å². The average molecular weight is 388 g/mol. The summed E-state index contributed by atoms with van der Waals surface area (Å²) in [4.78, 5) is 16.6. The summed E-state index contributed by atoms with van der Waals surface area (Å²) in [6.07, 6.45) is 0. The lowest BCUT2D eigenvalue weighted by molar-refractivity contribution is 0.0946. The Kier molecular flexibility index (Phi) is 4.64. The van der Waals surface area contributed by atoms with Crippen molar-refractivity contribution in [3.8, 4) is 11.5 Å². The van der Waals surface area contributed by atoms with Gasteiger partial charge in [0.05, 0.1) is 0 Å². The van der Waals surface area contributed by atoms with Crippen LogP contribution in [-0.2, 0) is 6.54 Å². The van der Waals surface area contributed by atoms with Gasteiger partial charge in [0.2, 0.25) is 6.79 Å². The maximum Gasteiger partial charge on any atom is 0.271 e. The molecule has 8 heteroatoms. The smallest absolute Gasteiger partial charge is 0.271 e. The second-order valence-electron chi connectivity index (χ2n) is 5.54. The maximum atomic E-state index is 12.2. The highest BCUT2D eigenvalue weighted by molar-refractivity contribution is 7.14. The number of carbonyl (C=O) groups is 1. The van der Waals surface area contributed by atoms with Gasteiger partial charge < -0.3 is 20.1 Å². The number of hydrogen-bond donors (Lipinski definition) is 2. The molecule has 2 N–H and O–H groups in total. The normalized spacial score (nSPS) is 12.0. The first-order valence-corrected chi connectivity index (χ1v) is 9.08. The van der Waals surface area contributed by atoms with E-state index in [1.54, 1.807) is 17.5 Å². The number of nitrogens with zero attached hydrogens (tertiary/aromatic N) is 1. The highest BCUT2D eigenvalue weighted by Crippen LogP contribution is 2.35. The zero-order chi connectivity index (χ0) is 17.9. The number of anilines is 2. The summed E-state index contributed by atoms with van der Waals surface area (Å²) in [5, 5.41) is 9.02. The summed E-state index contributed by atoms with van der Waals surface area (Å²) in [5.74, 6) is 1.18. The van der Waals surface area contributed by atoms with Gasteiger partial charge in [-0.2, -0.15) is 0 Å². The maximum absolute atomic E-state index is 12.2. The van der Waals surface area contributed by atoms with Crippen molar-refractivity contribution < 1.29 is 14.3 Å².